The summed E-state index contributed by atoms with van der Waals surface area (Å²) in [6.07, 6.45) is 1.31. The molecular formula is C14H12F2N2O2S. The van der Waals surface area contributed by atoms with E-state index in [0.717, 1.165) is 23.4 Å². The molecule has 21 heavy (non-hydrogen) atoms. The number of nitrogens with one attached hydrogen (secondary N) is 1. The van der Waals surface area contributed by atoms with Gasteiger partial charge >= 0.3 is 5.97 Å². The van der Waals surface area contributed by atoms with Crippen LogP contribution in [0.4, 0.5) is 13.9 Å². The van der Waals surface area contributed by atoms with Gasteiger partial charge in [-0.25, -0.2) is 13.8 Å². The van der Waals surface area contributed by atoms with Crippen LogP contribution in [0.2, 0.25) is 0 Å². The number of aryl methyl sites for hydroxylation is 1. The van der Waals surface area contributed by atoms with Crippen molar-refractivity contribution in [2.75, 3.05) is 5.32 Å². The van der Waals surface area contributed by atoms with Crippen molar-refractivity contribution >= 4 is 22.4 Å². The summed E-state index contributed by atoms with van der Waals surface area (Å²) in [5.41, 5.74) is 1.22. The number of hydrogen-bond acceptors (Lipinski definition) is 4. The Balaban J connectivity index is 1.71. The Morgan fingerprint density at radius 1 is 1.43 bits per heavy atom. The monoisotopic (exact) mass is 310 g/mol. The number of hydrogen-bond donors (Lipinski definition) is 2. The zero-order valence-corrected chi connectivity index (χ0v) is 11.7. The van der Waals surface area contributed by atoms with E-state index in [-0.39, 0.29) is 0 Å². The third-order valence-electron chi connectivity index (χ3n) is 3.44. The van der Waals surface area contributed by atoms with Crippen molar-refractivity contribution in [2.24, 2.45) is 0 Å². The van der Waals surface area contributed by atoms with Gasteiger partial charge in [-0.1, -0.05) is 6.07 Å². The lowest BCUT2D eigenvalue weighted by Gasteiger charge is -2.05. The molecule has 1 heterocycles. The molecule has 0 amide bonds. The number of halogens is 2. The average Bonchev–Trinajstić information content (AvgIpc) is 2.99. The van der Waals surface area contributed by atoms with Crippen molar-refractivity contribution in [1.29, 1.82) is 0 Å². The van der Waals surface area contributed by atoms with Crippen LogP contribution >= 0.6 is 11.3 Å². The lowest BCUT2D eigenvalue weighted by atomic mass is 10.1. The molecule has 0 bridgehead atoms. The second-order valence-corrected chi connectivity index (χ2v) is 5.94. The van der Waals surface area contributed by atoms with Crippen molar-refractivity contribution in [2.45, 2.75) is 25.3 Å². The zero-order valence-electron chi connectivity index (χ0n) is 10.9. The third-order valence-corrected chi connectivity index (χ3v) is 4.53. The second-order valence-electron chi connectivity index (χ2n) is 4.86. The van der Waals surface area contributed by atoms with E-state index in [9.17, 15) is 13.6 Å². The molecule has 2 aromatic rings. The highest BCUT2D eigenvalue weighted by molar-refractivity contribution is 7.15. The quantitative estimate of drug-likeness (QED) is 0.910. The Morgan fingerprint density at radius 2 is 2.24 bits per heavy atom. The van der Waals surface area contributed by atoms with Crippen molar-refractivity contribution in [1.82, 2.24) is 4.98 Å². The molecule has 1 atom stereocenters. The molecule has 1 aromatic heterocycles. The summed E-state index contributed by atoms with van der Waals surface area (Å²) in [5, 5.41) is 12.7. The van der Waals surface area contributed by atoms with Crippen molar-refractivity contribution in [3.63, 3.8) is 0 Å². The van der Waals surface area contributed by atoms with E-state index in [2.05, 4.69) is 10.3 Å². The number of aromatic nitrogens is 1. The van der Waals surface area contributed by atoms with Gasteiger partial charge < -0.3 is 10.4 Å². The summed E-state index contributed by atoms with van der Waals surface area (Å²) < 4.78 is 25.9. The summed E-state index contributed by atoms with van der Waals surface area (Å²) >= 11 is 1.42. The molecule has 0 spiro atoms. The highest BCUT2D eigenvalue weighted by Crippen LogP contribution is 2.38. The number of carboxylic acid groups (broad SMARTS) is 1. The highest BCUT2D eigenvalue weighted by atomic mass is 32.1. The fourth-order valence-electron chi connectivity index (χ4n) is 2.37. The molecule has 110 valence electrons. The van der Waals surface area contributed by atoms with E-state index >= 15 is 0 Å². The van der Waals surface area contributed by atoms with Gasteiger partial charge in [0.15, 0.2) is 16.8 Å². The molecule has 0 fully saturated rings. The van der Waals surface area contributed by atoms with Gasteiger partial charge in [0.25, 0.3) is 0 Å². The minimum atomic E-state index is -0.887. The van der Waals surface area contributed by atoms with E-state index < -0.39 is 23.5 Å². The Morgan fingerprint density at radius 3 is 2.95 bits per heavy atom. The molecule has 1 aliphatic carbocycles. The lowest BCUT2D eigenvalue weighted by Crippen LogP contribution is -2.09. The number of rotatable bonds is 4. The highest BCUT2D eigenvalue weighted by Gasteiger charge is 2.32. The minimum absolute atomic E-state index is 0.307. The Kier molecular flexibility index (Phi) is 3.59. The van der Waals surface area contributed by atoms with Crippen LogP contribution in [0, 0.1) is 11.6 Å². The number of anilines is 1. The van der Waals surface area contributed by atoms with Crippen LogP contribution < -0.4 is 5.32 Å². The maximum absolute atomic E-state index is 13.1. The van der Waals surface area contributed by atoms with Crippen LogP contribution in [0.1, 0.15) is 28.5 Å². The largest absolute Gasteiger partial charge is 0.481 e. The van der Waals surface area contributed by atoms with Crippen LogP contribution in [-0.2, 0) is 17.8 Å². The molecular weight excluding hydrogens is 298 g/mol. The molecule has 1 aliphatic rings. The molecule has 3 rings (SSSR count). The van der Waals surface area contributed by atoms with Crippen LogP contribution in [0.5, 0.6) is 0 Å². The molecule has 0 aliphatic heterocycles. The van der Waals surface area contributed by atoms with Gasteiger partial charge in [0.1, 0.15) is 5.92 Å². The normalized spacial score (nSPS) is 16.8. The smallest absolute Gasteiger partial charge is 0.312 e. The van der Waals surface area contributed by atoms with Gasteiger partial charge in [-0.2, -0.15) is 0 Å². The number of carbonyl (C=O) groups is 1. The Labute approximate surface area is 123 Å². The van der Waals surface area contributed by atoms with Gasteiger partial charge in [-0.05, 0) is 30.5 Å². The summed E-state index contributed by atoms with van der Waals surface area (Å²) in [5.74, 6) is -3.15. The molecule has 2 N–H and O–H groups in total. The topological polar surface area (TPSA) is 62.2 Å². The third kappa shape index (κ3) is 2.73. The lowest BCUT2D eigenvalue weighted by molar-refractivity contribution is -0.138. The summed E-state index contributed by atoms with van der Waals surface area (Å²) in [6, 6.07) is 3.70. The number of benzene rings is 1. The summed E-state index contributed by atoms with van der Waals surface area (Å²) in [6.45, 7) is 0.307. The van der Waals surface area contributed by atoms with Gasteiger partial charge in [0, 0.05) is 11.4 Å². The first-order valence-corrected chi connectivity index (χ1v) is 7.26. The Hall–Kier alpha value is -2.02. The van der Waals surface area contributed by atoms with E-state index in [1.54, 1.807) is 0 Å². The zero-order chi connectivity index (χ0) is 15.0. The van der Waals surface area contributed by atoms with Crippen molar-refractivity contribution in [3.05, 3.63) is 46.0 Å². The van der Waals surface area contributed by atoms with Gasteiger partial charge in [-0.15, -0.1) is 11.3 Å². The minimum Gasteiger partial charge on any atom is -0.481 e. The maximum atomic E-state index is 13.1. The van der Waals surface area contributed by atoms with E-state index in [1.807, 2.05) is 0 Å². The first-order chi connectivity index (χ1) is 10.0. The number of thiazole rings is 1. The molecule has 7 heteroatoms. The molecule has 1 unspecified atom stereocenters. The fraction of sp³-hybridized carbons (Fsp3) is 0.286. The summed E-state index contributed by atoms with van der Waals surface area (Å²) in [4.78, 5) is 16.4. The SMILES string of the molecule is O=C(O)C1CCc2sc(NCc3ccc(F)c(F)c3)nc21. The summed E-state index contributed by atoms with van der Waals surface area (Å²) in [7, 11) is 0. The number of aliphatic carboxylic acids is 1. The van der Waals surface area contributed by atoms with Gasteiger partial charge in [0.05, 0.1) is 5.69 Å². The van der Waals surface area contributed by atoms with E-state index in [4.69, 9.17) is 5.11 Å². The average molecular weight is 310 g/mol. The van der Waals surface area contributed by atoms with Gasteiger partial charge in [0.2, 0.25) is 0 Å². The number of nitrogens with zero attached hydrogens (tertiary/aromatic N) is 1. The molecule has 4 nitrogen and oxygen atoms in total. The van der Waals surface area contributed by atoms with Crippen LogP contribution in [0.15, 0.2) is 18.2 Å². The standard InChI is InChI=1S/C14H12F2N2O2S/c15-9-3-1-7(5-10(9)16)6-17-14-18-12-8(13(19)20)2-4-11(12)21-14/h1,3,5,8H,2,4,6H2,(H,17,18)(H,19,20). The number of carboxylic acids is 1. The first kappa shape index (κ1) is 13.9. The van der Waals surface area contributed by atoms with Crippen LogP contribution in [-0.4, -0.2) is 16.1 Å². The second kappa shape index (κ2) is 5.40. The van der Waals surface area contributed by atoms with Crippen molar-refractivity contribution in [3.8, 4) is 0 Å². The predicted octanol–water partition coefficient (Wildman–Crippen LogP) is 3.15. The molecule has 0 radical (unpaired) electrons. The van der Waals surface area contributed by atoms with Crippen LogP contribution in [0.25, 0.3) is 0 Å². The van der Waals surface area contributed by atoms with E-state index in [0.29, 0.717) is 29.4 Å². The Bertz CT molecular complexity index is 702. The van der Waals surface area contributed by atoms with Crippen molar-refractivity contribution < 1.29 is 18.7 Å². The predicted molar refractivity (Wildman–Crippen MR) is 74.5 cm³/mol. The molecule has 1 aromatic carbocycles. The molecule has 0 saturated carbocycles. The first-order valence-electron chi connectivity index (χ1n) is 6.45. The molecule has 0 saturated heterocycles. The van der Waals surface area contributed by atoms with Gasteiger partial charge in [-0.3, -0.25) is 4.79 Å². The van der Waals surface area contributed by atoms with Crippen LogP contribution in [0.3, 0.4) is 0 Å². The fourth-order valence-corrected chi connectivity index (χ4v) is 3.40. The maximum Gasteiger partial charge on any atom is 0.312 e. The number of fused-ring (bicyclic) bond motifs is 1. The van der Waals surface area contributed by atoms with E-state index in [1.165, 1.54) is 17.4 Å².